The van der Waals surface area contributed by atoms with Crippen LogP contribution in [-0.4, -0.2) is 40.6 Å². The summed E-state index contributed by atoms with van der Waals surface area (Å²) < 4.78 is 0. The molecule has 126 valence electrons. The van der Waals surface area contributed by atoms with Crippen LogP contribution in [0.1, 0.15) is 62.3 Å². The van der Waals surface area contributed by atoms with E-state index in [2.05, 4.69) is 20.4 Å². The average molecular weight is 334 g/mol. The normalized spacial score (nSPS) is 28.3. The lowest BCUT2D eigenvalue weighted by atomic mass is 9.75. The van der Waals surface area contributed by atoms with Crippen molar-refractivity contribution >= 4 is 22.4 Å². The summed E-state index contributed by atoms with van der Waals surface area (Å²) >= 11 is 1.54. The number of amides is 1. The first-order valence-electron chi connectivity index (χ1n) is 9.13. The fourth-order valence-corrected chi connectivity index (χ4v) is 5.03. The minimum Gasteiger partial charge on any atom is -0.303 e. The van der Waals surface area contributed by atoms with E-state index >= 15 is 0 Å². The molecule has 1 saturated heterocycles. The van der Waals surface area contributed by atoms with Crippen LogP contribution in [0.15, 0.2) is 0 Å². The van der Waals surface area contributed by atoms with Crippen LogP contribution in [0.25, 0.3) is 0 Å². The van der Waals surface area contributed by atoms with Crippen molar-refractivity contribution in [2.24, 2.45) is 11.8 Å². The van der Waals surface area contributed by atoms with Gasteiger partial charge in [-0.3, -0.25) is 4.79 Å². The van der Waals surface area contributed by atoms with Crippen molar-refractivity contribution in [1.29, 1.82) is 0 Å². The minimum atomic E-state index is 0.0780. The summed E-state index contributed by atoms with van der Waals surface area (Å²) in [6.07, 6.45) is 9.98. The molecule has 0 radical (unpaired) electrons. The Labute approximate surface area is 141 Å². The second-order valence-electron chi connectivity index (χ2n) is 7.41. The van der Waals surface area contributed by atoms with Gasteiger partial charge in [-0.25, -0.2) is 0 Å². The molecule has 1 amide bonds. The number of anilines is 1. The molecule has 1 aromatic heterocycles. The maximum absolute atomic E-state index is 12.1. The summed E-state index contributed by atoms with van der Waals surface area (Å²) in [7, 11) is 0. The van der Waals surface area contributed by atoms with Gasteiger partial charge in [-0.1, -0.05) is 30.6 Å². The number of aromatic nitrogens is 2. The Kier molecular flexibility index (Phi) is 4.62. The molecule has 1 N–H and O–H groups in total. The van der Waals surface area contributed by atoms with Crippen molar-refractivity contribution in [2.75, 3.05) is 25.0 Å². The average Bonchev–Trinajstić information content (AvgIpc) is 3.33. The van der Waals surface area contributed by atoms with Gasteiger partial charge in [0, 0.05) is 25.4 Å². The molecule has 0 aromatic carbocycles. The topological polar surface area (TPSA) is 58.1 Å². The number of piperidine rings is 1. The number of carbonyl (C=O) groups excluding carboxylic acids is 1. The monoisotopic (exact) mass is 334 g/mol. The van der Waals surface area contributed by atoms with Crippen molar-refractivity contribution in [3.63, 3.8) is 0 Å². The molecule has 5 nitrogen and oxygen atoms in total. The highest BCUT2D eigenvalue weighted by Gasteiger charge is 2.31. The second-order valence-corrected chi connectivity index (χ2v) is 8.42. The van der Waals surface area contributed by atoms with Gasteiger partial charge in [-0.15, -0.1) is 10.2 Å². The third kappa shape index (κ3) is 3.91. The Morgan fingerprint density at radius 3 is 2.78 bits per heavy atom. The maximum Gasteiger partial charge on any atom is 0.227 e. The second kappa shape index (κ2) is 6.85. The van der Waals surface area contributed by atoms with E-state index in [1.54, 1.807) is 11.3 Å². The molecule has 0 unspecified atom stereocenters. The van der Waals surface area contributed by atoms with Gasteiger partial charge in [0.1, 0.15) is 5.01 Å². The van der Waals surface area contributed by atoms with Crippen molar-refractivity contribution < 1.29 is 4.79 Å². The van der Waals surface area contributed by atoms with Crippen LogP contribution in [0.2, 0.25) is 0 Å². The molecule has 4 rings (SSSR count). The van der Waals surface area contributed by atoms with E-state index < -0.39 is 0 Å². The molecule has 0 spiro atoms. The van der Waals surface area contributed by atoms with Gasteiger partial charge in [0.15, 0.2) is 0 Å². The lowest BCUT2D eigenvalue weighted by Crippen LogP contribution is -2.42. The van der Waals surface area contributed by atoms with Gasteiger partial charge in [-0.2, -0.15) is 0 Å². The molecular formula is C17H26N4OS. The van der Waals surface area contributed by atoms with E-state index in [0.717, 1.165) is 23.4 Å². The molecule has 2 saturated carbocycles. The molecular weight excluding hydrogens is 308 g/mol. The van der Waals surface area contributed by atoms with Gasteiger partial charge in [0.05, 0.1) is 0 Å². The molecule has 2 heterocycles. The molecule has 2 atom stereocenters. The molecule has 1 aromatic rings. The summed E-state index contributed by atoms with van der Waals surface area (Å²) in [5.41, 5.74) is 0. The van der Waals surface area contributed by atoms with E-state index in [-0.39, 0.29) is 5.91 Å². The lowest BCUT2D eigenvalue weighted by Gasteiger charge is -2.41. The molecule has 3 aliphatic rings. The largest absolute Gasteiger partial charge is 0.303 e. The van der Waals surface area contributed by atoms with E-state index in [1.165, 1.54) is 58.0 Å². The zero-order chi connectivity index (χ0) is 15.6. The zero-order valence-corrected chi connectivity index (χ0v) is 14.5. The van der Waals surface area contributed by atoms with Crippen LogP contribution in [0.5, 0.6) is 0 Å². The Bertz CT molecular complexity index is 557. The number of carbonyl (C=O) groups is 1. The lowest BCUT2D eigenvalue weighted by molar-refractivity contribution is -0.116. The van der Waals surface area contributed by atoms with Crippen molar-refractivity contribution in [3.05, 3.63) is 5.01 Å². The fraction of sp³-hybridized carbons (Fsp3) is 0.824. The Morgan fingerprint density at radius 2 is 1.96 bits per heavy atom. The predicted octanol–water partition coefficient (Wildman–Crippen LogP) is 3.26. The van der Waals surface area contributed by atoms with Gasteiger partial charge < -0.3 is 10.2 Å². The van der Waals surface area contributed by atoms with Crippen molar-refractivity contribution in [1.82, 2.24) is 15.1 Å². The van der Waals surface area contributed by atoms with Gasteiger partial charge in [-0.05, 0) is 44.1 Å². The third-order valence-electron chi connectivity index (χ3n) is 5.64. The summed E-state index contributed by atoms with van der Waals surface area (Å²) in [5.74, 6) is 2.52. The highest BCUT2D eigenvalue weighted by atomic mass is 32.1. The van der Waals surface area contributed by atoms with Crippen LogP contribution < -0.4 is 5.32 Å². The number of nitrogens with one attached hydrogen (secondary N) is 1. The minimum absolute atomic E-state index is 0.0780. The summed E-state index contributed by atoms with van der Waals surface area (Å²) in [5, 5.41) is 12.9. The van der Waals surface area contributed by atoms with Crippen LogP contribution >= 0.6 is 11.3 Å². The van der Waals surface area contributed by atoms with E-state index in [0.29, 0.717) is 17.5 Å². The van der Waals surface area contributed by atoms with E-state index in [9.17, 15) is 4.79 Å². The fourth-order valence-electron chi connectivity index (χ4n) is 4.10. The highest BCUT2D eigenvalue weighted by molar-refractivity contribution is 7.15. The van der Waals surface area contributed by atoms with E-state index in [1.807, 2.05) is 0 Å². The van der Waals surface area contributed by atoms with Crippen LogP contribution in [0, 0.1) is 11.8 Å². The van der Waals surface area contributed by atoms with Gasteiger partial charge >= 0.3 is 0 Å². The van der Waals surface area contributed by atoms with Gasteiger partial charge in [0.25, 0.3) is 0 Å². The van der Waals surface area contributed by atoms with Crippen LogP contribution in [-0.2, 0) is 4.79 Å². The first-order valence-corrected chi connectivity index (χ1v) is 9.95. The SMILES string of the molecule is O=C(CCN1CC[C@@H]2CCCC[C@H]2C1)Nc1nnc(C2CC2)s1. The third-order valence-corrected chi connectivity index (χ3v) is 6.65. The Morgan fingerprint density at radius 1 is 1.13 bits per heavy atom. The highest BCUT2D eigenvalue weighted by Crippen LogP contribution is 2.42. The Hall–Kier alpha value is -1.01. The van der Waals surface area contributed by atoms with Gasteiger partial charge in [0.2, 0.25) is 11.0 Å². The molecule has 0 bridgehead atoms. The molecule has 3 fully saturated rings. The summed E-state index contributed by atoms with van der Waals surface area (Å²) in [4.78, 5) is 14.6. The molecule has 2 aliphatic carbocycles. The quantitative estimate of drug-likeness (QED) is 0.898. The zero-order valence-electron chi connectivity index (χ0n) is 13.7. The smallest absolute Gasteiger partial charge is 0.227 e. The van der Waals surface area contributed by atoms with Crippen molar-refractivity contribution in [3.8, 4) is 0 Å². The molecule has 23 heavy (non-hydrogen) atoms. The number of rotatable bonds is 5. The van der Waals surface area contributed by atoms with E-state index in [4.69, 9.17) is 0 Å². The number of nitrogens with zero attached hydrogens (tertiary/aromatic N) is 3. The first-order chi connectivity index (χ1) is 11.3. The number of hydrogen-bond donors (Lipinski definition) is 1. The molecule has 6 heteroatoms. The van der Waals surface area contributed by atoms with Crippen molar-refractivity contribution in [2.45, 2.75) is 57.3 Å². The Balaban J connectivity index is 1.21. The predicted molar refractivity (Wildman–Crippen MR) is 91.6 cm³/mol. The standard InChI is InChI=1S/C17H26N4OS/c22-15(18-17-20-19-16(23-17)13-5-6-13)8-10-21-9-7-12-3-1-2-4-14(12)11-21/h12-14H,1-11H2,(H,18,20,22)/t12-,14-/m0/s1. The summed E-state index contributed by atoms with van der Waals surface area (Å²) in [6, 6.07) is 0. The van der Waals surface area contributed by atoms with Crippen LogP contribution in [0.3, 0.4) is 0 Å². The summed E-state index contributed by atoms with van der Waals surface area (Å²) in [6.45, 7) is 3.24. The number of fused-ring (bicyclic) bond motifs is 1. The number of hydrogen-bond acceptors (Lipinski definition) is 5. The maximum atomic E-state index is 12.1. The number of likely N-dealkylation sites (tertiary alicyclic amines) is 1. The first kappa shape index (κ1) is 15.5. The molecule has 1 aliphatic heterocycles. The van der Waals surface area contributed by atoms with Crippen LogP contribution in [0.4, 0.5) is 5.13 Å².